The fourth-order valence-electron chi connectivity index (χ4n) is 2.55. The lowest BCUT2D eigenvalue weighted by Gasteiger charge is -2.20. The fraction of sp³-hybridized carbons (Fsp3) is 0.471. The van der Waals surface area contributed by atoms with E-state index in [-0.39, 0.29) is 23.7 Å². The Morgan fingerprint density at radius 1 is 1.26 bits per heavy atom. The van der Waals surface area contributed by atoms with E-state index in [1.165, 1.54) is 4.68 Å². The van der Waals surface area contributed by atoms with Gasteiger partial charge in [-0.2, -0.15) is 5.10 Å². The van der Waals surface area contributed by atoms with Gasteiger partial charge in [-0.3, -0.25) is 4.79 Å². The van der Waals surface area contributed by atoms with Crippen molar-refractivity contribution in [1.29, 1.82) is 0 Å². The Labute approximate surface area is 135 Å². The molecule has 0 bridgehead atoms. The average molecular weight is 314 g/mol. The number of amides is 1. The summed E-state index contributed by atoms with van der Waals surface area (Å²) in [7, 11) is 0. The number of carbonyl (C=O) groups is 1. The van der Waals surface area contributed by atoms with Crippen LogP contribution in [0.3, 0.4) is 0 Å². The fourth-order valence-corrected chi connectivity index (χ4v) is 2.55. The second kappa shape index (κ2) is 5.68. The van der Waals surface area contributed by atoms with Gasteiger partial charge in [-0.25, -0.2) is 14.0 Å². The van der Waals surface area contributed by atoms with Crippen molar-refractivity contribution in [2.75, 3.05) is 0 Å². The Bertz CT molecular complexity index is 764. The highest BCUT2D eigenvalue weighted by molar-refractivity contribution is 5.76. The highest BCUT2D eigenvalue weighted by Gasteiger charge is 2.31. The lowest BCUT2D eigenvalue weighted by molar-refractivity contribution is -0.123. The van der Waals surface area contributed by atoms with E-state index in [1.807, 2.05) is 51.1 Å². The van der Waals surface area contributed by atoms with Crippen molar-refractivity contribution in [3.05, 3.63) is 46.6 Å². The van der Waals surface area contributed by atoms with Crippen LogP contribution in [0.1, 0.15) is 45.4 Å². The first-order valence-corrected chi connectivity index (χ1v) is 7.91. The zero-order chi connectivity index (χ0) is 16.6. The molecule has 1 aliphatic carbocycles. The molecule has 2 aromatic rings. The molecule has 122 valence electrons. The van der Waals surface area contributed by atoms with Gasteiger partial charge < -0.3 is 5.32 Å². The van der Waals surface area contributed by atoms with Crippen molar-refractivity contribution in [3.8, 4) is 5.69 Å². The van der Waals surface area contributed by atoms with Crippen LogP contribution in [0, 0.1) is 0 Å². The minimum absolute atomic E-state index is 0.0599. The molecule has 0 unspecified atom stereocenters. The Morgan fingerprint density at radius 3 is 2.48 bits per heavy atom. The van der Waals surface area contributed by atoms with Gasteiger partial charge in [-0.05, 0) is 45.7 Å². The number of para-hydroxylation sites is 1. The summed E-state index contributed by atoms with van der Waals surface area (Å²) in [6, 6.07) is 9.46. The minimum Gasteiger partial charge on any atom is -0.350 e. The molecule has 0 saturated heterocycles. The Balaban J connectivity index is 1.94. The van der Waals surface area contributed by atoms with E-state index in [0.717, 1.165) is 24.4 Å². The molecule has 1 saturated carbocycles. The van der Waals surface area contributed by atoms with Gasteiger partial charge in [-0.15, -0.1) is 0 Å². The Hall–Kier alpha value is -2.37. The van der Waals surface area contributed by atoms with Crippen molar-refractivity contribution in [1.82, 2.24) is 19.7 Å². The van der Waals surface area contributed by atoms with E-state index in [9.17, 15) is 9.59 Å². The highest BCUT2D eigenvalue weighted by Crippen LogP contribution is 2.39. The number of hydrogen-bond donors (Lipinski definition) is 1. The molecule has 0 spiro atoms. The van der Waals surface area contributed by atoms with Crippen LogP contribution in [0.4, 0.5) is 0 Å². The zero-order valence-corrected chi connectivity index (χ0v) is 13.7. The largest absolute Gasteiger partial charge is 0.351 e. The van der Waals surface area contributed by atoms with E-state index in [1.54, 1.807) is 4.57 Å². The molecule has 1 heterocycles. The molecular formula is C17H22N4O2. The van der Waals surface area contributed by atoms with Crippen molar-refractivity contribution in [2.24, 2.45) is 0 Å². The van der Waals surface area contributed by atoms with Gasteiger partial charge in [0.1, 0.15) is 12.4 Å². The van der Waals surface area contributed by atoms with E-state index < -0.39 is 0 Å². The molecule has 6 heteroatoms. The van der Waals surface area contributed by atoms with Gasteiger partial charge in [0.2, 0.25) is 5.91 Å². The first-order chi connectivity index (χ1) is 10.8. The van der Waals surface area contributed by atoms with Crippen LogP contribution < -0.4 is 11.0 Å². The van der Waals surface area contributed by atoms with Gasteiger partial charge in [0, 0.05) is 11.5 Å². The first kappa shape index (κ1) is 15.5. The average Bonchev–Trinajstić information content (AvgIpc) is 3.24. The zero-order valence-electron chi connectivity index (χ0n) is 13.7. The SMILES string of the molecule is CC(C)(C)NC(=O)Cn1nc(C2CC2)n(-c2ccccc2)c1=O. The molecule has 1 N–H and O–H groups in total. The van der Waals surface area contributed by atoms with Crippen LogP contribution in [0.2, 0.25) is 0 Å². The van der Waals surface area contributed by atoms with Crippen LogP contribution >= 0.6 is 0 Å². The summed E-state index contributed by atoms with van der Waals surface area (Å²) in [4.78, 5) is 24.8. The smallest absolute Gasteiger partial charge is 0.350 e. The van der Waals surface area contributed by atoms with Crippen molar-refractivity contribution < 1.29 is 4.79 Å². The molecule has 0 atom stereocenters. The molecule has 1 amide bonds. The Kier molecular flexibility index (Phi) is 3.83. The maximum absolute atomic E-state index is 12.7. The van der Waals surface area contributed by atoms with Crippen LogP contribution in [0.5, 0.6) is 0 Å². The topological polar surface area (TPSA) is 68.9 Å². The van der Waals surface area contributed by atoms with Crippen molar-refractivity contribution in [3.63, 3.8) is 0 Å². The standard InChI is InChI=1S/C17H22N4O2/c1-17(2,3)18-14(22)11-20-16(23)21(13-7-5-4-6-8-13)15(19-20)12-9-10-12/h4-8,12H,9-11H2,1-3H3,(H,18,22). The minimum atomic E-state index is -0.331. The van der Waals surface area contributed by atoms with E-state index >= 15 is 0 Å². The number of nitrogens with one attached hydrogen (secondary N) is 1. The molecule has 3 rings (SSSR count). The highest BCUT2D eigenvalue weighted by atomic mass is 16.2. The van der Waals surface area contributed by atoms with Crippen molar-refractivity contribution >= 4 is 5.91 Å². The third kappa shape index (κ3) is 3.52. The predicted molar refractivity (Wildman–Crippen MR) is 87.7 cm³/mol. The summed E-state index contributed by atoms with van der Waals surface area (Å²) in [5, 5.41) is 7.28. The molecule has 0 aliphatic heterocycles. The number of hydrogen-bond acceptors (Lipinski definition) is 3. The van der Waals surface area contributed by atoms with Gasteiger partial charge in [0.15, 0.2) is 0 Å². The summed E-state index contributed by atoms with van der Waals surface area (Å²) in [6.45, 7) is 5.67. The molecule has 1 fully saturated rings. The second-order valence-corrected chi connectivity index (χ2v) is 7.04. The quantitative estimate of drug-likeness (QED) is 0.936. The molecule has 6 nitrogen and oxygen atoms in total. The summed E-state index contributed by atoms with van der Waals surface area (Å²) in [5.74, 6) is 0.860. The molecular weight excluding hydrogens is 292 g/mol. The first-order valence-electron chi connectivity index (χ1n) is 7.91. The lowest BCUT2D eigenvalue weighted by atomic mass is 10.1. The van der Waals surface area contributed by atoms with Gasteiger partial charge in [0.05, 0.1) is 5.69 Å². The van der Waals surface area contributed by atoms with Gasteiger partial charge >= 0.3 is 5.69 Å². The van der Waals surface area contributed by atoms with Crippen molar-refractivity contribution in [2.45, 2.75) is 51.6 Å². The third-order valence-electron chi connectivity index (χ3n) is 3.63. The number of nitrogens with zero attached hydrogens (tertiary/aromatic N) is 3. The van der Waals surface area contributed by atoms with Gasteiger partial charge in [0.25, 0.3) is 0 Å². The summed E-state index contributed by atoms with van der Waals surface area (Å²) >= 11 is 0. The third-order valence-corrected chi connectivity index (χ3v) is 3.63. The normalized spacial score (nSPS) is 14.7. The number of rotatable bonds is 4. The molecule has 1 aromatic carbocycles. The van der Waals surface area contributed by atoms with Crippen LogP contribution in [0.25, 0.3) is 5.69 Å². The maximum Gasteiger partial charge on any atom is 0.351 e. The molecule has 0 radical (unpaired) electrons. The van der Waals surface area contributed by atoms with Crippen LogP contribution in [-0.4, -0.2) is 25.8 Å². The molecule has 1 aromatic heterocycles. The van der Waals surface area contributed by atoms with E-state index in [4.69, 9.17) is 0 Å². The maximum atomic E-state index is 12.7. The van der Waals surface area contributed by atoms with E-state index in [2.05, 4.69) is 10.4 Å². The number of carbonyl (C=O) groups excluding carboxylic acids is 1. The van der Waals surface area contributed by atoms with Gasteiger partial charge in [-0.1, -0.05) is 18.2 Å². The lowest BCUT2D eigenvalue weighted by Crippen LogP contribution is -2.43. The van der Waals surface area contributed by atoms with E-state index in [0.29, 0.717) is 5.92 Å². The van der Waals surface area contributed by atoms with Crippen LogP contribution in [-0.2, 0) is 11.3 Å². The monoisotopic (exact) mass is 314 g/mol. The summed E-state index contributed by atoms with van der Waals surface area (Å²) < 4.78 is 2.89. The summed E-state index contributed by atoms with van der Waals surface area (Å²) in [5.41, 5.74) is 0.200. The number of benzene rings is 1. The molecule has 23 heavy (non-hydrogen) atoms. The summed E-state index contributed by atoms with van der Waals surface area (Å²) in [6.07, 6.45) is 2.08. The van der Waals surface area contributed by atoms with Crippen LogP contribution in [0.15, 0.2) is 35.1 Å². The number of aromatic nitrogens is 3. The molecule has 1 aliphatic rings. The second-order valence-electron chi connectivity index (χ2n) is 7.04. The Morgan fingerprint density at radius 2 is 1.91 bits per heavy atom. The predicted octanol–water partition coefficient (Wildman–Crippen LogP) is 1.83.